The Hall–Kier alpha value is -1.93. The fourth-order valence-corrected chi connectivity index (χ4v) is 3.55. The predicted molar refractivity (Wildman–Crippen MR) is 113 cm³/mol. The Bertz CT molecular complexity index is 1010. The second-order valence-electron chi connectivity index (χ2n) is 5.42. The summed E-state index contributed by atoms with van der Waals surface area (Å²) in [6.45, 7) is 0. The van der Waals surface area contributed by atoms with Crippen LogP contribution < -0.4 is 15.0 Å². The highest BCUT2D eigenvalue weighted by Gasteiger charge is 2.35. The molecule has 1 N–H and O–H groups in total. The lowest BCUT2D eigenvalue weighted by atomic mass is 10.1. The zero-order valence-corrected chi connectivity index (χ0v) is 17.7. The highest BCUT2D eigenvalue weighted by Crippen LogP contribution is 2.35. The number of anilines is 1. The standard InChI is InChI=1S/C18H11BrCl2N2O3S/c1-26-14-6-5-10(19)7-9(14)8-11-16(24)22-18(27)23(17(11)25)13-4-2-3-12(20)15(13)21/h2-8H,1H3,(H,22,24,27)/b11-8+. The number of nitrogens with zero attached hydrogens (tertiary/aromatic N) is 1. The average molecular weight is 486 g/mol. The number of thiocarbonyl (C=S) groups is 1. The molecule has 1 saturated heterocycles. The summed E-state index contributed by atoms with van der Waals surface area (Å²) >= 11 is 20.8. The second kappa shape index (κ2) is 7.98. The van der Waals surface area contributed by atoms with Gasteiger partial charge in [0.2, 0.25) is 0 Å². The molecule has 2 amide bonds. The molecule has 0 spiro atoms. The minimum Gasteiger partial charge on any atom is -0.496 e. The summed E-state index contributed by atoms with van der Waals surface area (Å²) in [4.78, 5) is 26.6. The first kappa shape index (κ1) is 19.8. The van der Waals surface area contributed by atoms with Crippen molar-refractivity contribution in [1.82, 2.24) is 5.32 Å². The van der Waals surface area contributed by atoms with E-state index in [1.165, 1.54) is 13.2 Å². The predicted octanol–water partition coefficient (Wildman–Crippen LogP) is 4.60. The van der Waals surface area contributed by atoms with Gasteiger partial charge in [-0.1, -0.05) is 45.2 Å². The van der Waals surface area contributed by atoms with Crippen molar-refractivity contribution in [3.05, 3.63) is 62.1 Å². The van der Waals surface area contributed by atoms with Crippen molar-refractivity contribution in [1.29, 1.82) is 0 Å². The fourth-order valence-electron chi connectivity index (χ4n) is 2.51. The smallest absolute Gasteiger partial charge is 0.270 e. The first-order valence-corrected chi connectivity index (χ1v) is 9.48. The van der Waals surface area contributed by atoms with Gasteiger partial charge in [0.1, 0.15) is 11.3 Å². The Morgan fingerprint density at radius 3 is 2.67 bits per heavy atom. The minimum atomic E-state index is -0.616. The number of benzene rings is 2. The van der Waals surface area contributed by atoms with Crippen LogP contribution in [-0.2, 0) is 9.59 Å². The fraction of sp³-hybridized carbons (Fsp3) is 0.0556. The Morgan fingerprint density at radius 1 is 1.22 bits per heavy atom. The van der Waals surface area contributed by atoms with Gasteiger partial charge in [0.15, 0.2) is 5.11 Å². The Labute approximate surface area is 179 Å². The number of nitrogens with one attached hydrogen (secondary N) is 1. The third-order valence-electron chi connectivity index (χ3n) is 3.77. The van der Waals surface area contributed by atoms with Crippen molar-refractivity contribution in [2.24, 2.45) is 0 Å². The number of hydrogen-bond donors (Lipinski definition) is 1. The molecule has 1 aliphatic heterocycles. The van der Waals surface area contributed by atoms with Crippen LogP contribution in [0.5, 0.6) is 5.75 Å². The quantitative estimate of drug-likeness (QED) is 0.392. The summed E-state index contributed by atoms with van der Waals surface area (Å²) in [5.74, 6) is -0.719. The zero-order valence-electron chi connectivity index (χ0n) is 13.8. The molecule has 0 saturated carbocycles. The number of carbonyl (C=O) groups excluding carboxylic acids is 2. The van der Waals surface area contributed by atoms with E-state index >= 15 is 0 Å². The highest BCUT2D eigenvalue weighted by atomic mass is 79.9. The van der Waals surface area contributed by atoms with Crippen LogP contribution in [0.4, 0.5) is 5.69 Å². The molecule has 2 aromatic rings. The number of rotatable bonds is 3. The van der Waals surface area contributed by atoms with Crippen LogP contribution in [0.1, 0.15) is 5.56 Å². The van der Waals surface area contributed by atoms with Crippen molar-refractivity contribution in [2.75, 3.05) is 12.0 Å². The summed E-state index contributed by atoms with van der Waals surface area (Å²) in [7, 11) is 1.50. The van der Waals surface area contributed by atoms with E-state index in [1.807, 2.05) is 0 Å². The molecule has 1 fully saturated rings. The molecular weight excluding hydrogens is 475 g/mol. The Morgan fingerprint density at radius 2 is 1.96 bits per heavy atom. The normalized spacial score (nSPS) is 15.9. The third kappa shape index (κ3) is 3.87. The average Bonchev–Trinajstić information content (AvgIpc) is 2.62. The molecule has 2 aromatic carbocycles. The molecule has 0 radical (unpaired) electrons. The van der Waals surface area contributed by atoms with Crippen LogP contribution in [0.15, 0.2) is 46.4 Å². The third-order valence-corrected chi connectivity index (χ3v) is 5.35. The summed E-state index contributed by atoms with van der Waals surface area (Å²) in [5.41, 5.74) is 0.720. The van der Waals surface area contributed by atoms with Crippen LogP contribution in [0.3, 0.4) is 0 Å². The molecule has 3 rings (SSSR count). The van der Waals surface area contributed by atoms with Gasteiger partial charge < -0.3 is 4.74 Å². The molecule has 1 aliphatic rings. The van der Waals surface area contributed by atoms with Gasteiger partial charge in [-0.25, -0.2) is 0 Å². The maximum absolute atomic E-state index is 13.1. The van der Waals surface area contributed by atoms with Gasteiger partial charge in [0, 0.05) is 10.0 Å². The van der Waals surface area contributed by atoms with E-state index in [1.54, 1.807) is 36.4 Å². The molecule has 0 unspecified atom stereocenters. The first-order valence-electron chi connectivity index (χ1n) is 7.52. The topological polar surface area (TPSA) is 58.6 Å². The number of hydrogen-bond acceptors (Lipinski definition) is 4. The number of amides is 2. The lowest BCUT2D eigenvalue weighted by Crippen LogP contribution is -2.54. The van der Waals surface area contributed by atoms with Gasteiger partial charge in [-0.15, -0.1) is 0 Å². The molecule has 27 heavy (non-hydrogen) atoms. The molecule has 9 heteroatoms. The van der Waals surface area contributed by atoms with E-state index in [0.717, 1.165) is 9.37 Å². The van der Waals surface area contributed by atoms with Gasteiger partial charge in [-0.05, 0) is 48.6 Å². The summed E-state index contributed by atoms with van der Waals surface area (Å²) in [6.07, 6.45) is 1.44. The molecule has 1 heterocycles. The maximum atomic E-state index is 13.1. The molecule has 0 aliphatic carbocycles. The molecule has 0 bridgehead atoms. The first-order chi connectivity index (χ1) is 12.8. The van der Waals surface area contributed by atoms with E-state index in [9.17, 15) is 9.59 Å². The summed E-state index contributed by atoms with van der Waals surface area (Å²) in [6, 6.07) is 10.1. The highest BCUT2D eigenvalue weighted by molar-refractivity contribution is 9.10. The molecule has 0 atom stereocenters. The number of halogens is 3. The molecule has 5 nitrogen and oxygen atoms in total. The number of carbonyl (C=O) groups is 2. The van der Waals surface area contributed by atoms with E-state index in [2.05, 4.69) is 21.2 Å². The Kier molecular flexibility index (Phi) is 5.86. The lowest BCUT2D eigenvalue weighted by molar-refractivity contribution is -0.122. The van der Waals surface area contributed by atoms with Crippen LogP contribution in [0, 0.1) is 0 Å². The van der Waals surface area contributed by atoms with Gasteiger partial charge in [-0.2, -0.15) is 0 Å². The number of ether oxygens (including phenoxy) is 1. The van der Waals surface area contributed by atoms with Crippen molar-refractivity contribution in [2.45, 2.75) is 0 Å². The van der Waals surface area contributed by atoms with Crippen LogP contribution >= 0.6 is 51.3 Å². The summed E-state index contributed by atoms with van der Waals surface area (Å²) < 4.78 is 6.06. The van der Waals surface area contributed by atoms with Gasteiger partial charge >= 0.3 is 0 Å². The van der Waals surface area contributed by atoms with E-state index in [-0.39, 0.29) is 26.4 Å². The zero-order chi connectivity index (χ0) is 19.7. The molecule has 138 valence electrons. The van der Waals surface area contributed by atoms with Crippen LogP contribution in [-0.4, -0.2) is 24.0 Å². The maximum Gasteiger partial charge on any atom is 0.270 e. The van der Waals surface area contributed by atoms with Gasteiger partial charge in [-0.3, -0.25) is 19.8 Å². The van der Waals surface area contributed by atoms with E-state index in [0.29, 0.717) is 11.3 Å². The van der Waals surface area contributed by atoms with Crippen molar-refractivity contribution in [3.8, 4) is 5.75 Å². The number of methoxy groups -OCH3 is 1. The largest absolute Gasteiger partial charge is 0.496 e. The lowest BCUT2D eigenvalue weighted by Gasteiger charge is -2.29. The Balaban J connectivity index is 2.11. The SMILES string of the molecule is COc1ccc(Br)cc1/C=C1\C(=O)NC(=S)N(c2cccc(Cl)c2Cl)C1=O. The van der Waals surface area contributed by atoms with Gasteiger partial charge in [0.05, 0.1) is 22.8 Å². The van der Waals surface area contributed by atoms with E-state index < -0.39 is 11.8 Å². The minimum absolute atomic E-state index is 0.0764. The van der Waals surface area contributed by atoms with Crippen molar-refractivity contribution in [3.63, 3.8) is 0 Å². The monoisotopic (exact) mass is 484 g/mol. The van der Waals surface area contributed by atoms with E-state index in [4.69, 9.17) is 40.2 Å². The molecular formula is C18H11BrCl2N2O3S. The summed E-state index contributed by atoms with van der Waals surface area (Å²) in [5, 5.41) is 2.85. The van der Waals surface area contributed by atoms with Gasteiger partial charge in [0.25, 0.3) is 11.8 Å². The van der Waals surface area contributed by atoms with Crippen molar-refractivity contribution >= 4 is 80.0 Å². The second-order valence-corrected chi connectivity index (χ2v) is 7.50. The molecule has 0 aromatic heterocycles. The van der Waals surface area contributed by atoms with Crippen LogP contribution in [0.2, 0.25) is 10.0 Å². The van der Waals surface area contributed by atoms with Crippen LogP contribution in [0.25, 0.3) is 6.08 Å². The van der Waals surface area contributed by atoms with Crippen molar-refractivity contribution < 1.29 is 14.3 Å².